The zero-order chi connectivity index (χ0) is 9.12. The molecule has 0 spiro atoms. The molecular formula is C9H22N2. The molecule has 0 bridgehead atoms. The fraction of sp³-hybridized carbons (Fsp3) is 1.00. The van der Waals surface area contributed by atoms with E-state index in [-0.39, 0.29) is 11.1 Å². The van der Waals surface area contributed by atoms with E-state index in [1.807, 2.05) is 13.8 Å². The standard InChI is InChI=1S/C9H22N2/c1-6-9(4,5)11-7-8(2,3)10/h11H,6-7,10H2,1-5H3. The Morgan fingerprint density at radius 1 is 1.18 bits per heavy atom. The first kappa shape index (κ1) is 10.9. The van der Waals surface area contributed by atoms with Crippen LogP contribution in [0.2, 0.25) is 0 Å². The zero-order valence-corrected chi connectivity index (χ0v) is 8.49. The molecule has 0 fully saturated rings. The van der Waals surface area contributed by atoms with Gasteiger partial charge >= 0.3 is 0 Å². The van der Waals surface area contributed by atoms with E-state index < -0.39 is 0 Å². The van der Waals surface area contributed by atoms with Gasteiger partial charge in [0.15, 0.2) is 0 Å². The zero-order valence-electron chi connectivity index (χ0n) is 8.49. The molecule has 0 aliphatic rings. The second-order valence-electron chi connectivity index (χ2n) is 4.58. The molecule has 0 saturated heterocycles. The number of rotatable bonds is 4. The van der Waals surface area contributed by atoms with Crippen LogP contribution in [0.25, 0.3) is 0 Å². The van der Waals surface area contributed by atoms with Gasteiger partial charge in [-0.1, -0.05) is 6.92 Å². The Hall–Kier alpha value is -0.0800. The molecule has 11 heavy (non-hydrogen) atoms. The minimum absolute atomic E-state index is 0.105. The second-order valence-corrected chi connectivity index (χ2v) is 4.58. The minimum Gasteiger partial charge on any atom is -0.324 e. The fourth-order valence-electron chi connectivity index (χ4n) is 0.592. The van der Waals surface area contributed by atoms with Crippen molar-refractivity contribution in [1.82, 2.24) is 5.32 Å². The van der Waals surface area contributed by atoms with Crippen LogP contribution in [-0.2, 0) is 0 Å². The lowest BCUT2D eigenvalue weighted by molar-refractivity contribution is 0.332. The Morgan fingerprint density at radius 3 is 1.91 bits per heavy atom. The lowest BCUT2D eigenvalue weighted by atomic mass is 9.99. The molecule has 0 rings (SSSR count). The molecule has 3 N–H and O–H groups in total. The quantitative estimate of drug-likeness (QED) is 0.650. The first-order valence-electron chi connectivity index (χ1n) is 4.31. The molecule has 0 aromatic carbocycles. The normalized spacial score (nSPS) is 13.6. The Labute approximate surface area is 70.5 Å². The van der Waals surface area contributed by atoms with E-state index in [1.165, 1.54) is 0 Å². The van der Waals surface area contributed by atoms with Crippen molar-refractivity contribution in [2.24, 2.45) is 5.73 Å². The number of hydrogen-bond acceptors (Lipinski definition) is 2. The van der Waals surface area contributed by atoms with E-state index in [0.717, 1.165) is 13.0 Å². The molecule has 0 atom stereocenters. The van der Waals surface area contributed by atoms with Crippen LogP contribution in [0, 0.1) is 0 Å². The van der Waals surface area contributed by atoms with Crippen LogP contribution >= 0.6 is 0 Å². The first-order valence-corrected chi connectivity index (χ1v) is 4.31. The van der Waals surface area contributed by atoms with E-state index in [0.29, 0.717) is 0 Å². The molecule has 0 aliphatic heterocycles. The average molecular weight is 158 g/mol. The van der Waals surface area contributed by atoms with Gasteiger partial charge < -0.3 is 11.1 Å². The summed E-state index contributed by atoms with van der Waals surface area (Å²) in [4.78, 5) is 0. The molecule has 0 unspecified atom stereocenters. The lowest BCUT2D eigenvalue weighted by Gasteiger charge is -2.29. The van der Waals surface area contributed by atoms with Gasteiger partial charge in [0.25, 0.3) is 0 Å². The molecule has 0 amide bonds. The maximum absolute atomic E-state index is 5.83. The lowest BCUT2D eigenvalue weighted by Crippen LogP contribution is -2.50. The van der Waals surface area contributed by atoms with Gasteiger partial charge in [0.2, 0.25) is 0 Å². The van der Waals surface area contributed by atoms with Crippen molar-refractivity contribution in [3.8, 4) is 0 Å². The van der Waals surface area contributed by atoms with Gasteiger partial charge in [-0.3, -0.25) is 0 Å². The van der Waals surface area contributed by atoms with E-state index in [4.69, 9.17) is 5.73 Å². The van der Waals surface area contributed by atoms with Crippen molar-refractivity contribution < 1.29 is 0 Å². The van der Waals surface area contributed by atoms with Crippen molar-refractivity contribution in [3.63, 3.8) is 0 Å². The third kappa shape index (κ3) is 6.32. The van der Waals surface area contributed by atoms with Crippen molar-refractivity contribution in [1.29, 1.82) is 0 Å². The van der Waals surface area contributed by atoms with Gasteiger partial charge in [0, 0.05) is 17.6 Å². The van der Waals surface area contributed by atoms with Crippen LogP contribution in [-0.4, -0.2) is 17.6 Å². The maximum Gasteiger partial charge on any atom is 0.0223 e. The highest BCUT2D eigenvalue weighted by molar-refractivity contribution is 4.82. The van der Waals surface area contributed by atoms with Crippen LogP contribution < -0.4 is 11.1 Å². The van der Waals surface area contributed by atoms with Crippen LogP contribution in [0.5, 0.6) is 0 Å². The molecular weight excluding hydrogens is 136 g/mol. The summed E-state index contributed by atoms with van der Waals surface area (Å²) in [5.74, 6) is 0. The van der Waals surface area contributed by atoms with Crippen molar-refractivity contribution in [2.75, 3.05) is 6.54 Å². The van der Waals surface area contributed by atoms with E-state index in [1.54, 1.807) is 0 Å². The molecule has 0 aromatic heterocycles. The van der Waals surface area contributed by atoms with Crippen molar-refractivity contribution in [3.05, 3.63) is 0 Å². The molecule has 0 radical (unpaired) electrons. The third-order valence-electron chi connectivity index (χ3n) is 1.91. The highest BCUT2D eigenvalue weighted by atomic mass is 15.0. The number of nitrogens with two attached hydrogens (primary N) is 1. The predicted molar refractivity (Wildman–Crippen MR) is 50.6 cm³/mol. The molecule has 68 valence electrons. The van der Waals surface area contributed by atoms with Crippen LogP contribution in [0.4, 0.5) is 0 Å². The summed E-state index contributed by atoms with van der Waals surface area (Å²) in [5.41, 5.74) is 5.95. The highest BCUT2D eigenvalue weighted by Crippen LogP contribution is 2.07. The summed E-state index contributed by atoms with van der Waals surface area (Å²) in [6, 6.07) is 0. The Bertz CT molecular complexity index is 111. The van der Waals surface area contributed by atoms with Gasteiger partial charge in [0.05, 0.1) is 0 Å². The SMILES string of the molecule is CCC(C)(C)NCC(C)(C)N. The summed E-state index contributed by atoms with van der Waals surface area (Å²) in [6.07, 6.45) is 1.13. The smallest absolute Gasteiger partial charge is 0.0223 e. The Balaban J connectivity index is 3.70. The van der Waals surface area contributed by atoms with E-state index in [9.17, 15) is 0 Å². The molecule has 0 aliphatic carbocycles. The molecule has 0 saturated carbocycles. The Kier molecular flexibility index (Phi) is 3.52. The van der Waals surface area contributed by atoms with Gasteiger partial charge in [-0.25, -0.2) is 0 Å². The monoisotopic (exact) mass is 158 g/mol. The van der Waals surface area contributed by atoms with Crippen molar-refractivity contribution >= 4 is 0 Å². The summed E-state index contributed by atoms with van der Waals surface area (Å²) in [6.45, 7) is 11.5. The van der Waals surface area contributed by atoms with Crippen LogP contribution in [0.1, 0.15) is 41.0 Å². The minimum atomic E-state index is -0.105. The predicted octanol–water partition coefficient (Wildman–Crippen LogP) is 1.50. The van der Waals surface area contributed by atoms with Crippen molar-refractivity contribution in [2.45, 2.75) is 52.1 Å². The van der Waals surface area contributed by atoms with Crippen LogP contribution in [0.3, 0.4) is 0 Å². The van der Waals surface area contributed by atoms with E-state index in [2.05, 4.69) is 26.1 Å². The fourth-order valence-corrected chi connectivity index (χ4v) is 0.592. The van der Waals surface area contributed by atoms with E-state index >= 15 is 0 Å². The average Bonchev–Trinajstić information content (AvgIpc) is 1.83. The molecule has 2 heteroatoms. The first-order chi connectivity index (χ1) is 4.77. The second kappa shape index (κ2) is 3.55. The summed E-state index contributed by atoms with van der Waals surface area (Å²) in [7, 11) is 0. The maximum atomic E-state index is 5.83. The summed E-state index contributed by atoms with van der Waals surface area (Å²) < 4.78 is 0. The molecule has 0 aromatic rings. The van der Waals surface area contributed by atoms with Gasteiger partial charge in [-0.2, -0.15) is 0 Å². The highest BCUT2D eigenvalue weighted by Gasteiger charge is 2.18. The third-order valence-corrected chi connectivity index (χ3v) is 1.91. The number of nitrogens with one attached hydrogen (secondary N) is 1. The van der Waals surface area contributed by atoms with Gasteiger partial charge in [0.1, 0.15) is 0 Å². The Morgan fingerprint density at radius 2 is 1.64 bits per heavy atom. The van der Waals surface area contributed by atoms with Gasteiger partial charge in [-0.05, 0) is 34.1 Å². The van der Waals surface area contributed by atoms with Crippen LogP contribution in [0.15, 0.2) is 0 Å². The molecule has 2 nitrogen and oxygen atoms in total. The topological polar surface area (TPSA) is 38.0 Å². The number of hydrogen-bond donors (Lipinski definition) is 2. The summed E-state index contributed by atoms with van der Waals surface area (Å²) in [5, 5.41) is 3.42. The molecule has 0 heterocycles. The largest absolute Gasteiger partial charge is 0.324 e. The van der Waals surface area contributed by atoms with Gasteiger partial charge in [-0.15, -0.1) is 0 Å². The summed E-state index contributed by atoms with van der Waals surface area (Å²) >= 11 is 0.